The Labute approximate surface area is 153 Å². The van der Waals surface area contributed by atoms with Gasteiger partial charge in [-0.3, -0.25) is 0 Å². The molecule has 6 heteroatoms. The lowest BCUT2D eigenvalue weighted by Crippen LogP contribution is -2.24. The summed E-state index contributed by atoms with van der Waals surface area (Å²) in [5.74, 6) is 0.829. The molecule has 1 aliphatic rings. The molecule has 0 unspecified atom stereocenters. The normalized spacial score (nSPS) is 16.8. The molecule has 1 saturated heterocycles. The van der Waals surface area contributed by atoms with Crippen molar-refractivity contribution in [3.8, 4) is 5.75 Å². The van der Waals surface area contributed by atoms with Crippen LogP contribution < -0.4 is 9.64 Å². The number of rotatable bonds is 5. The Morgan fingerprint density at radius 3 is 2.81 bits per heavy atom. The van der Waals surface area contributed by atoms with Gasteiger partial charge < -0.3 is 14.4 Å². The molecule has 0 amide bonds. The van der Waals surface area contributed by atoms with Crippen LogP contribution in [0.3, 0.4) is 0 Å². The largest absolute Gasteiger partial charge is 0.495 e. The topological polar surface area (TPSA) is 52.4 Å². The van der Waals surface area contributed by atoms with Crippen molar-refractivity contribution in [1.29, 1.82) is 0 Å². The molecule has 0 saturated carbocycles. The van der Waals surface area contributed by atoms with E-state index in [0.717, 1.165) is 23.7 Å². The van der Waals surface area contributed by atoms with Gasteiger partial charge in [-0.25, -0.2) is 4.68 Å². The van der Waals surface area contributed by atoms with E-state index in [-0.39, 0.29) is 6.23 Å². The summed E-state index contributed by atoms with van der Waals surface area (Å²) in [7, 11) is 1.68. The summed E-state index contributed by atoms with van der Waals surface area (Å²) < 4.78 is 13.3. The highest BCUT2D eigenvalue weighted by atomic mass is 16.5. The van der Waals surface area contributed by atoms with Gasteiger partial charge in [0.25, 0.3) is 0 Å². The van der Waals surface area contributed by atoms with Gasteiger partial charge in [0.1, 0.15) is 11.4 Å². The minimum Gasteiger partial charge on any atom is -0.495 e. The highest BCUT2D eigenvalue weighted by Crippen LogP contribution is 2.36. The smallest absolute Gasteiger partial charge is 0.177 e. The molecule has 6 nitrogen and oxygen atoms in total. The van der Waals surface area contributed by atoms with E-state index in [9.17, 15) is 0 Å². The van der Waals surface area contributed by atoms with E-state index < -0.39 is 0 Å². The van der Waals surface area contributed by atoms with Crippen LogP contribution in [-0.4, -0.2) is 35.3 Å². The lowest BCUT2D eigenvalue weighted by Gasteiger charge is -2.25. The molecule has 0 aliphatic carbocycles. The van der Waals surface area contributed by atoms with Gasteiger partial charge in [-0.1, -0.05) is 41.6 Å². The van der Waals surface area contributed by atoms with Gasteiger partial charge in [-0.15, -0.1) is 5.10 Å². The summed E-state index contributed by atoms with van der Waals surface area (Å²) >= 11 is 0. The number of ether oxygens (including phenoxy) is 2. The molecule has 26 heavy (non-hydrogen) atoms. The van der Waals surface area contributed by atoms with Crippen molar-refractivity contribution in [3.63, 3.8) is 0 Å². The zero-order chi connectivity index (χ0) is 17.9. The first kappa shape index (κ1) is 16.6. The van der Waals surface area contributed by atoms with Crippen LogP contribution in [0.5, 0.6) is 5.75 Å². The van der Waals surface area contributed by atoms with Crippen LogP contribution >= 0.6 is 0 Å². The molecule has 1 fully saturated rings. The molecule has 0 radical (unpaired) electrons. The zero-order valence-corrected chi connectivity index (χ0v) is 15.0. The molecule has 0 spiro atoms. The first-order valence-corrected chi connectivity index (χ1v) is 8.72. The Bertz CT molecular complexity index is 893. The van der Waals surface area contributed by atoms with Gasteiger partial charge in [-0.05, 0) is 30.2 Å². The van der Waals surface area contributed by atoms with E-state index in [2.05, 4.69) is 34.3 Å². The maximum Gasteiger partial charge on any atom is 0.177 e. The van der Waals surface area contributed by atoms with Crippen LogP contribution in [0.1, 0.15) is 23.0 Å². The summed E-state index contributed by atoms with van der Waals surface area (Å²) in [5.41, 5.74) is 4.29. The van der Waals surface area contributed by atoms with E-state index in [1.807, 2.05) is 47.3 Å². The van der Waals surface area contributed by atoms with Gasteiger partial charge in [0.05, 0.1) is 32.1 Å². The SMILES string of the molecule is COc1ccccc1N1CCO[C@@H]1c1cn(Cc2ccccc2C)nn1. The van der Waals surface area contributed by atoms with Crippen LogP contribution in [0.25, 0.3) is 0 Å². The van der Waals surface area contributed by atoms with Crippen molar-refractivity contribution >= 4 is 5.69 Å². The van der Waals surface area contributed by atoms with Crippen LogP contribution in [0.2, 0.25) is 0 Å². The molecule has 1 aromatic heterocycles. The monoisotopic (exact) mass is 350 g/mol. The second-order valence-electron chi connectivity index (χ2n) is 6.36. The molecule has 0 bridgehead atoms. The van der Waals surface area contributed by atoms with E-state index in [1.165, 1.54) is 11.1 Å². The quantitative estimate of drug-likeness (QED) is 0.707. The lowest BCUT2D eigenvalue weighted by atomic mass is 10.1. The molecule has 1 aliphatic heterocycles. The third-order valence-corrected chi connectivity index (χ3v) is 4.69. The van der Waals surface area contributed by atoms with Gasteiger partial charge in [-0.2, -0.15) is 0 Å². The summed E-state index contributed by atoms with van der Waals surface area (Å²) in [6.45, 7) is 4.24. The number of aryl methyl sites for hydroxylation is 1. The lowest BCUT2D eigenvalue weighted by molar-refractivity contribution is 0.110. The molecular formula is C20H22N4O2. The van der Waals surface area contributed by atoms with Crippen LogP contribution in [0, 0.1) is 6.92 Å². The summed E-state index contributed by atoms with van der Waals surface area (Å²) in [5, 5.41) is 8.66. The maximum absolute atomic E-state index is 5.95. The second-order valence-corrected chi connectivity index (χ2v) is 6.36. The predicted molar refractivity (Wildman–Crippen MR) is 99.3 cm³/mol. The fraction of sp³-hybridized carbons (Fsp3) is 0.300. The molecule has 2 aromatic carbocycles. The number of hydrogen-bond donors (Lipinski definition) is 0. The first-order chi connectivity index (χ1) is 12.8. The first-order valence-electron chi connectivity index (χ1n) is 8.72. The zero-order valence-electron chi connectivity index (χ0n) is 15.0. The maximum atomic E-state index is 5.95. The summed E-state index contributed by atoms with van der Waals surface area (Å²) in [4.78, 5) is 2.17. The Balaban J connectivity index is 1.57. The van der Waals surface area contributed by atoms with Crippen LogP contribution in [0.15, 0.2) is 54.7 Å². The average Bonchev–Trinajstić information content (AvgIpc) is 3.32. The number of hydrogen-bond acceptors (Lipinski definition) is 5. The van der Waals surface area contributed by atoms with Crippen molar-refractivity contribution in [2.75, 3.05) is 25.2 Å². The fourth-order valence-corrected chi connectivity index (χ4v) is 3.29. The molecule has 134 valence electrons. The van der Waals surface area contributed by atoms with E-state index in [0.29, 0.717) is 13.2 Å². The Morgan fingerprint density at radius 2 is 1.96 bits per heavy atom. The summed E-state index contributed by atoms with van der Waals surface area (Å²) in [6.07, 6.45) is 1.71. The molecule has 4 rings (SSSR count). The molecule has 2 heterocycles. The second kappa shape index (κ2) is 7.17. The molecule has 3 aromatic rings. The number of aromatic nitrogens is 3. The molecular weight excluding hydrogens is 328 g/mol. The van der Waals surface area contributed by atoms with Gasteiger partial charge in [0, 0.05) is 6.54 Å². The number of nitrogens with zero attached hydrogens (tertiary/aromatic N) is 4. The van der Waals surface area contributed by atoms with E-state index in [1.54, 1.807) is 7.11 Å². The number of methoxy groups -OCH3 is 1. The standard InChI is InChI=1S/C20H22N4O2/c1-15-7-3-4-8-16(15)13-23-14-17(21-22-23)20-24(11-12-26-20)18-9-5-6-10-19(18)25-2/h3-10,14,20H,11-13H2,1-2H3/t20-/m1/s1. The highest BCUT2D eigenvalue weighted by Gasteiger charge is 2.31. The van der Waals surface area contributed by atoms with Gasteiger partial charge >= 0.3 is 0 Å². The van der Waals surface area contributed by atoms with Crippen LogP contribution in [-0.2, 0) is 11.3 Å². The van der Waals surface area contributed by atoms with Gasteiger partial charge in [0.15, 0.2) is 6.23 Å². The highest BCUT2D eigenvalue weighted by molar-refractivity contribution is 5.59. The Morgan fingerprint density at radius 1 is 1.15 bits per heavy atom. The molecule has 0 N–H and O–H groups in total. The molecule has 1 atom stereocenters. The van der Waals surface area contributed by atoms with Crippen molar-refractivity contribution < 1.29 is 9.47 Å². The average molecular weight is 350 g/mol. The van der Waals surface area contributed by atoms with E-state index >= 15 is 0 Å². The van der Waals surface area contributed by atoms with Crippen molar-refractivity contribution in [2.24, 2.45) is 0 Å². The third kappa shape index (κ3) is 3.15. The minimum atomic E-state index is -0.253. The minimum absolute atomic E-state index is 0.253. The Kier molecular flexibility index (Phi) is 4.58. The van der Waals surface area contributed by atoms with Crippen LogP contribution in [0.4, 0.5) is 5.69 Å². The number of benzene rings is 2. The third-order valence-electron chi connectivity index (χ3n) is 4.69. The number of anilines is 1. The van der Waals surface area contributed by atoms with Crippen molar-refractivity contribution in [3.05, 3.63) is 71.5 Å². The van der Waals surface area contributed by atoms with Gasteiger partial charge in [0.2, 0.25) is 0 Å². The fourth-order valence-electron chi connectivity index (χ4n) is 3.29. The van der Waals surface area contributed by atoms with Crippen molar-refractivity contribution in [1.82, 2.24) is 15.0 Å². The Hall–Kier alpha value is -2.86. The number of para-hydroxylation sites is 2. The van der Waals surface area contributed by atoms with E-state index in [4.69, 9.17) is 9.47 Å². The predicted octanol–water partition coefficient (Wildman–Crippen LogP) is 3.18. The summed E-state index contributed by atoms with van der Waals surface area (Å²) in [6, 6.07) is 16.3. The van der Waals surface area contributed by atoms with Crippen molar-refractivity contribution in [2.45, 2.75) is 19.7 Å².